The third-order valence-electron chi connectivity index (χ3n) is 4.83. The average Bonchev–Trinajstić information content (AvgIpc) is 2.31. The smallest absolute Gasteiger partial charge is 0.240 e. The third kappa shape index (κ3) is 2.85. The maximum absolute atomic E-state index is 11.9. The normalized spacial score (nSPS) is 30.0. The molecule has 2 aliphatic carbocycles. The molecule has 0 saturated heterocycles. The molecule has 3 heteroatoms. The van der Waals surface area contributed by atoms with Crippen molar-refractivity contribution in [3.8, 4) is 6.07 Å². The SMILES string of the molecule is CC1CCC(CCNC(=O)C2(C#N)CCC2)CC1. The first-order valence-corrected chi connectivity index (χ1v) is 7.36. The van der Waals surface area contributed by atoms with Crippen LogP contribution in [0.15, 0.2) is 0 Å². The fraction of sp³-hybridized carbons (Fsp3) is 0.867. The molecule has 0 aliphatic heterocycles. The van der Waals surface area contributed by atoms with Crippen LogP contribution < -0.4 is 5.32 Å². The van der Waals surface area contributed by atoms with Crippen LogP contribution in [0.5, 0.6) is 0 Å². The summed E-state index contributed by atoms with van der Waals surface area (Å²) in [5, 5.41) is 12.0. The van der Waals surface area contributed by atoms with Crippen molar-refractivity contribution in [1.29, 1.82) is 5.26 Å². The number of amides is 1. The van der Waals surface area contributed by atoms with Crippen molar-refractivity contribution >= 4 is 5.91 Å². The van der Waals surface area contributed by atoms with Crippen LogP contribution in [0.1, 0.15) is 58.3 Å². The van der Waals surface area contributed by atoms with Gasteiger partial charge in [0.2, 0.25) is 5.91 Å². The molecule has 2 aliphatic rings. The molecular weight excluding hydrogens is 224 g/mol. The number of nitriles is 1. The molecule has 0 aromatic carbocycles. The maximum Gasteiger partial charge on any atom is 0.240 e. The van der Waals surface area contributed by atoms with Crippen LogP contribution in [-0.2, 0) is 4.79 Å². The first-order chi connectivity index (χ1) is 8.66. The van der Waals surface area contributed by atoms with Crippen molar-refractivity contribution in [3.05, 3.63) is 0 Å². The molecular formula is C15H24N2O. The minimum Gasteiger partial charge on any atom is -0.355 e. The Morgan fingerprint density at radius 2 is 2.00 bits per heavy atom. The zero-order chi connectivity index (χ0) is 13.0. The highest BCUT2D eigenvalue weighted by Gasteiger charge is 2.44. The van der Waals surface area contributed by atoms with E-state index in [1.54, 1.807) is 0 Å². The van der Waals surface area contributed by atoms with E-state index in [-0.39, 0.29) is 5.91 Å². The van der Waals surface area contributed by atoms with E-state index in [4.69, 9.17) is 5.26 Å². The first kappa shape index (κ1) is 13.4. The van der Waals surface area contributed by atoms with Gasteiger partial charge in [-0.1, -0.05) is 32.6 Å². The molecule has 1 amide bonds. The molecule has 0 radical (unpaired) electrons. The molecule has 3 nitrogen and oxygen atoms in total. The van der Waals surface area contributed by atoms with Gasteiger partial charge in [-0.2, -0.15) is 5.26 Å². The summed E-state index contributed by atoms with van der Waals surface area (Å²) in [6.07, 6.45) is 8.87. The molecule has 0 unspecified atom stereocenters. The van der Waals surface area contributed by atoms with Crippen LogP contribution in [0.2, 0.25) is 0 Å². The van der Waals surface area contributed by atoms with Crippen LogP contribution >= 0.6 is 0 Å². The average molecular weight is 248 g/mol. The van der Waals surface area contributed by atoms with Gasteiger partial charge in [0, 0.05) is 6.54 Å². The molecule has 0 bridgehead atoms. The van der Waals surface area contributed by atoms with Crippen LogP contribution in [0, 0.1) is 28.6 Å². The second-order valence-corrected chi connectivity index (χ2v) is 6.22. The zero-order valence-corrected chi connectivity index (χ0v) is 11.4. The van der Waals surface area contributed by atoms with Gasteiger partial charge in [-0.25, -0.2) is 0 Å². The molecule has 2 rings (SSSR count). The first-order valence-electron chi connectivity index (χ1n) is 7.36. The largest absolute Gasteiger partial charge is 0.355 e. The van der Waals surface area contributed by atoms with Gasteiger partial charge in [0.05, 0.1) is 6.07 Å². The lowest BCUT2D eigenvalue weighted by atomic mass is 9.69. The Kier molecular flexibility index (Phi) is 4.27. The highest BCUT2D eigenvalue weighted by Crippen LogP contribution is 2.40. The second kappa shape index (κ2) is 5.73. The molecule has 0 atom stereocenters. The van der Waals surface area contributed by atoms with Gasteiger partial charge in [0.15, 0.2) is 0 Å². The summed E-state index contributed by atoms with van der Waals surface area (Å²) in [6, 6.07) is 2.20. The monoisotopic (exact) mass is 248 g/mol. The van der Waals surface area contributed by atoms with E-state index < -0.39 is 5.41 Å². The maximum atomic E-state index is 11.9. The number of nitrogens with zero attached hydrogens (tertiary/aromatic N) is 1. The van der Waals surface area contributed by atoms with E-state index in [0.717, 1.165) is 44.1 Å². The van der Waals surface area contributed by atoms with Crippen LogP contribution in [0.3, 0.4) is 0 Å². The van der Waals surface area contributed by atoms with Gasteiger partial charge in [-0.3, -0.25) is 4.79 Å². The van der Waals surface area contributed by atoms with Gasteiger partial charge in [-0.15, -0.1) is 0 Å². The Hall–Kier alpha value is -1.04. The van der Waals surface area contributed by atoms with Crippen LogP contribution in [0.25, 0.3) is 0 Å². The number of hydrogen-bond donors (Lipinski definition) is 1. The van der Waals surface area contributed by atoms with Crippen molar-refractivity contribution in [1.82, 2.24) is 5.32 Å². The highest BCUT2D eigenvalue weighted by atomic mass is 16.2. The van der Waals surface area contributed by atoms with E-state index in [0.29, 0.717) is 0 Å². The molecule has 2 fully saturated rings. The van der Waals surface area contributed by atoms with Crippen LogP contribution in [0.4, 0.5) is 0 Å². The van der Waals surface area contributed by atoms with Crippen molar-refractivity contribution in [2.75, 3.05) is 6.54 Å². The Balaban J connectivity index is 1.66. The fourth-order valence-electron chi connectivity index (χ4n) is 3.10. The molecule has 2 saturated carbocycles. The Bertz CT molecular complexity index is 333. The fourth-order valence-corrected chi connectivity index (χ4v) is 3.10. The van der Waals surface area contributed by atoms with Gasteiger partial charge >= 0.3 is 0 Å². The lowest BCUT2D eigenvalue weighted by Gasteiger charge is -2.33. The van der Waals surface area contributed by atoms with Gasteiger partial charge in [0.1, 0.15) is 5.41 Å². The van der Waals surface area contributed by atoms with E-state index in [1.165, 1.54) is 25.7 Å². The summed E-state index contributed by atoms with van der Waals surface area (Å²) in [6.45, 7) is 3.08. The topological polar surface area (TPSA) is 52.9 Å². The number of hydrogen-bond acceptors (Lipinski definition) is 2. The summed E-state index contributed by atoms with van der Waals surface area (Å²) in [5.74, 6) is 1.63. The van der Waals surface area contributed by atoms with Gasteiger partial charge < -0.3 is 5.32 Å². The summed E-state index contributed by atoms with van der Waals surface area (Å²) in [4.78, 5) is 11.9. The molecule has 1 N–H and O–H groups in total. The highest BCUT2D eigenvalue weighted by molar-refractivity contribution is 5.86. The van der Waals surface area contributed by atoms with Crippen molar-refractivity contribution in [3.63, 3.8) is 0 Å². The third-order valence-corrected chi connectivity index (χ3v) is 4.83. The minimum absolute atomic E-state index is 0.0274. The van der Waals surface area contributed by atoms with E-state index >= 15 is 0 Å². The second-order valence-electron chi connectivity index (χ2n) is 6.22. The molecule has 0 spiro atoms. The van der Waals surface area contributed by atoms with Gasteiger partial charge in [-0.05, 0) is 37.5 Å². The van der Waals surface area contributed by atoms with E-state index in [2.05, 4.69) is 18.3 Å². The summed E-state index contributed by atoms with van der Waals surface area (Å²) < 4.78 is 0. The number of rotatable bonds is 4. The minimum atomic E-state index is -0.679. The lowest BCUT2D eigenvalue weighted by Crippen LogP contribution is -2.45. The molecule has 0 aromatic rings. The van der Waals surface area contributed by atoms with E-state index in [1.807, 2.05) is 0 Å². The zero-order valence-electron chi connectivity index (χ0n) is 11.4. The quantitative estimate of drug-likeness (QED) is 0.831. The predicted molar refractivity (Wildman–Crippen MR) is 70.6 cm³/mol. The number of carbonyl (C=O) groups excluding carboxylic acids is 1. The summed E-state index contributed by atoms with van der Waals surface area (Å²) in [5.41, 5.74) is -0.679. The molecule has 100 valence electrons. The Morgan fingerprint density at radius 1 is 1.33 bits per heavy atom. The number of carbonyl (C=O) groups is 1. The van der Waals surface area contributed by atoms with E-state index in [9.17, 15) is 4.79 Å². The Morgan fingerprint density at radius 3 is 2.50 bits per heavy atom. The number of nitrogens with one attached hydrogen (secondary N) is 1. The van der Waals surface area contributed by atoms with Crippen molar-refractivity contribution in [2.45, 2.75) is 58.3 Å². The van der Waals surface area contributed by atoms with Crippen molar-refractivity contribution in [2.24, 2.45) is 17.3 Å². The van der Waals surface area contributed by atoms with Crippen molar-refractivity contribution < 1.29 is 4.79 Å². The Labute approximate surface area is 110 Å². The van der Waals surface area contributed by atoms with Crippen LogP contribution in [-0.4, -0.2) is 12.5 Å². The summed E-state index contributed by atoms with van der Waals surface area (Å²) >= 11 is 0. The van der Waals surface area contributed by atoms with Gasteiger partial charge in [0.25, 0.3) is 0 Å². The molecule has 0 aromatic heterocycles. The lowest BCUT2D eigenvalue weighted by molar-refractivity contribution is -0.131. The predicted octanol–water partition coefficient (Wildman–Crippen LogP) is 3.01. The standard InChI is InChI=1S/C15H24N2O/c1-12-3-5-13(6-4-12)7-10-17-14(18)15(11-16)8-2-9-15/h12-13H,2-10H2,1H3,(H,17,18). The molecule has 18 heavy (non-hydrogen) atoms. The summed E-state index contributed by atoms with van der Waals surface area (Å²) in [7, 11) is 0. The molecule has 0 heterocycles.